The van der Waals surface area contributed by atoms with Gasteiger partial charge in [-0.1, -0.05) is 67.2 Å². The lowest BCUT2D eigenvalue weighted by molar-refractivity contribution is -0.136. The van der Waals surface area contributed by atoms with Crippen molar-refractivity contribution in [2.75, 3.05) is 12.8 Å². The number of hydrogen-bond donors (Lipinski definition) is 0. The highest BCUT2D eigenvalue weighted by molar-refractivity contribution is 6.27. The van der Waals surface area contributed by atoms with Crippen LogP contribution in [0.2, 0.25) is 0 Å². The fourth-order valence-corrected chi connectivity index (χ4v) is 3.23. The molecule has 2 aromatic carbocycles. The van der Waals surface area contributed by atoms with E-state index in [2.05, 4.69) is 55.1 Å². The van der Waals surface area contributed by atoms with Crippen LogP contribution in [0.1, 0.15) is 23.5 Å². The van der Waals surface area contributed by atoms with Crippen molar-refractivity contribution in [3.8, 4) is 0 Å². The van der Waals surface area contributed by atoms with Gasteiger partial charge in [0, 0.05) is 18.6 Å². The molecule has 0 aliphatic heterocycles. The van der Waals surface area contributed by atoms with Gasteiger partial charge in [-0.25, -0.2) is 4.79 Å². The van der Waals surface area contributed by atoms with Crippen molar-refractivity contribution in [2.45, 2.75) is 12.3 Å². The van der Waals surface area contributed by atoms with E-state index < -0.39 is 9.76 Å². The molecule has 2 aromatic rings. The van der Waals surface area contributed by atoms with E-state index in [4.69, 9.17) is 9.16 Å². The molecule has 4 heteroatoms. The first-order chi connectivity index (χ1) is 11.3. The van der Waals surface area contributed by atoms with Gasteiger partial charge in [-0.05, 0) is 17.5 Å². The molecule has 120 valence electrons. The van der Waals surface area contributed by atoms with Gasteiger partial charge in [0.25, 0.3) is 0 Å². The van der Waals surface area contributed by atoms with Gasteiger partial charge >= 0.3 is 5.97 Å². The third kappa shape index (κ3) is 5.85. The Labute approximate surface area is 139 Å². The van der Waals surface area contributed by atoms with Crippen LogP contribution in [0.15, 0.2) is 73.3 Å². The first-order valence-electron chi connectivity index (χ1n) is 7.78. The van der Waals surface area contributed by atoms with E-state index in [0.717, 1.165) is 6.42 Å². The monoisotopic (exact) mass is 326 g/mol. The number of hydrogen-bond acceptors (Lipinski definition) is 3. The summed E-state index contributed by atoms with van der Waals surface area (Å²) in [4.78, 5) is 10.9. The molecule has 0 aliphatic carbocycles. The van der Waals surface area contributed by atoms with E-state index in [9.17, 15) is 4.79 Å². The van der Waals surface area contributed by atoms with Gasteiger partial charge in [0.1, 0.15) is 6.23 Å². The molecule has 0 amide bonds. The van der Waals surface area contributed by atoms with Crippen LogP contribution in [-0.2, 0) is 14.0 Å². The molecule has 0 spiro atoms. The smallest absolute Gasteiger partial charge is 0.329 e. The summed E-state index contributed by atoms with van der Waals surface area (Å²) in [6, 6.07) is 20.9. The third-order valence-electron chi connectivity index (χ3n) is 3.59. The van der Waals surface area contributed by atoms with Crippen LogP contribution in [0.3, 0.4) is 0 Å². The summed E-state index contributed by atoms with van der Waals surface area (Å²) in [6.07, 6.45) is 2.48. The first kappa shape index (κ1) is 17.2. The summed E-state index contributed by atoms with van der Waals surface area (Å²) in [5.41, 5.74) is 2.59. The van der Waals surface area contributed by atoms with Crippen molar-refractivity contribution in [3.63, 3.8) is 0 Å². The van der Waals surface area contributed by atoms with Crippen LogP contribution in [0, 0.1) is 0 Å². The number of esters is 1. The molecule has 2 rings (SSSR count). The predicted molar refractivity (Wildman–Crippen MR) is 95.0 cm³/mol. The van der Waals surface area contributed by atoms with Gasteiger partial charge in [0.15, 0.2) is 0 Å². The molecular formula is C19H22O3Si. The fraction of sp³-hybridized carbons (Fsp3) is 0.211. The fourth-order valence-electron chi connectivity index (χ4n) is 2.46. The minimum Gasteiger partial charge on any atom is -0.464 e. The summed E-state index contributed by atoms with van der Waals surface area (Å²) >= 11 is 0. The number of carbonyl (C=O) groups excluding carboxylic acids is 1. The average Bonchev–Trinajstić information content (AvgIpc) is 2.62. The van der Waals surface area contributed by atoms with Crippen LogP contribution >= 0.6 is 0 Å². The summed E-state index contributed by atoms with van der Waals surface area (Å²) in [6.45, 7) is 4.04. The molecule has 0 aromatic heterocycles. The van der Waals surface area contributed by atoms with E-state index >= 15 is 0 Å². The first-order valence-corrected chi connectivity index (χ1v) is 9.36. The van der Waals surface area contributed by atoms with Crippen molar-refractivity contribution in [1.29, 1.82) is 0 Å². The molecule has 23 heavy (non-hydrogen) atoms. The van der Waals surface area contributed by atoms with Crippen molar-refractivity contribution in [2.24, 2.45) is 0 Å². The van der Waals surface area contributed by atoms with E-state index in [1.807, 2.05) is 12.1 Å². The van der Waals surface area contributed by atoms with Crippen LogP contribution in [0.5, 0.6) is 0 Å². The zero-order valence-electron chi connectivity index (χ0n) is 13.2. The lowest BCUT2D eigenvalue weighted by Gasteiger charge is -2.18. The van der Waals surface area contributed by atoms with Gasteiger partial charge in [-0.3, -0.25) is 0 Å². The molecule has 0 bridgehead atoms. The van der Waals surface area contributed by atoms with Gasteiger partial charge in [-0.2, -0.15) is 0 Å². The van der Waals surface area contributed by atoms with Crippen LogP contribution in [0.4, 0.5) is 0 Å². The van der Waals surface area contributed by atoms with Gasteiger partial charge in [-0.15, -0.1) is 0 Å². The lowest BCUT2D eigenvalue weighted by Crippen LogP contribution is -2.14. The molecule has 0 N–H and O–H groups in total. The molecular weight excluding hydrogens is 304 g/mol. The maximum Gasteiger partial charge on any atom is 0.329 e. The lowest BCUT2D eigenvalue weighted by atomic mass is 9.89. The van der Waals surface area contributed by atoms with E-state index in [0.29, 0.717) is 18.8 Å². The van der Waals surface area contributed by atoms with Crippen molar-refractivity contribution in [3.05, 3.63) is 84.4 Å². The van der Waals surface area contributed by atoms with Crippen LogP contribution in [-0.4, -0.2) is 28.6 Å². The van der Waals surface area contributed by atoms with Crippen LogP contribution < -0.4 is 0 Å². The molecule has 0 heterocycles. The maximum absolute atomic E-state index is 10.9. The number of carbonyl (C=O) groups is 1. The molecule has 0 aliphatic rings. The topological polar surface area (TPSA) is 35.5 Å². The third-order valence-corrected chi connectivity index (χ3v) is 4.54. The summed E-state index contributed by atoms with van der Waals surface area (Å²) in [5, 5.41) is 0. The Morgan fingerprint density at radius 1 is 1.04 bits per heavy atom. The Morgan fingerprint density at radius 3 is 2.13 bits per heavy atom. The zero-order valence-corrected chi connectivity index (χ0v) is 14.6. The molecule has 0 saturated carbocycles. The molecule has 3 nitrogen and oxygen atoms in total. The van der Waals surface area contributed by atoms with Crippen molar-refractivity contribution in [1.82, 2.24) is 0 Å². The minimum absolute atomic E-state index is 0.321. The molecule has 0 radical (unpaired) electrons. The summed E-state index contributed by atoms with van der Waals surface area (Å²) in [5.74, 6) is -0.0605. The van der Waals surface area contributed by atoms with E-state index in [1.165, 1.54) is 17.2 Å². The number of benzene rings is 2. The Kier molecular flexibility index (Phi) is 7.30. The van der Waals surface area contributed by atoms with Crippen molar-refractivity contribution < 1.29 is 14.0 Å². The SMILES string of the molecule is C=CC(=O)OC[SiH2]OCCC(c1ccccc1)c1ccccc1. The molecule has 0 unspecified atom stereocenters. The van der Waals surface area contributed by atoms with Crippen molar-refractivity contribution >= 4 is 15.7 Å². The van der Waals surface area contributed by atoms with Gasteiger partial charge in [0.2, 0.25) is 9.76 Å². The Bertz CT molecular complexity index is 559. The van der Waals surface area contributed by atoms with E-state index in [-0.39, 0.29) is 5.97 Å². The van der Waals surface area contributed by atoms with E-state index in [1.54, 1.807) is 0 Å². The largest absolute Gasteiger partial charge is 0.464 e. The maximum atomic E-state index is 10.9. The molecule has 0 atom stereocenters. The highest BCUT2D eigenvalue weighted by Gasteiger charge is 2.13. The highest BCUT2D eigenvalue weighted by atomic mass is 28.2. The Balaban J connectivity index is 1.87. The highest BCUT2D eigenvalue weighted by Crippen LogP contribution is 2.27. The second-order valence-corrected chi connectivity index (χ2v) is 6.37. The normalized spacial score (nSPS) is 11.0. The number of rotatable bonds is 9. The van der Waals surface area contributed by atoms with Gasteiger partial charge in [0.05, 0.1) is 0 Å². The second kappa shape index (κ2) is 9.76. The predicted octanol–water partition coefficient (Wildman–Crippen LogP) is 3.00. The standard InChI is InChI=1S/C19H22O3Si/c1-2-19(20)21-15-23-22-14-13-18(16-9-5-3-6-10-16)17-11-7-4-8-12-17/h2-12,18H,1,13-15,23H2. The average molecular weight is 326 g/mol. The number of ether oxygens (including phenoxy) is 1. The Morgan fingerprint density at radius 2 is 1.61 bits per heavy atom. The quantitative estimate of drug-likeness (QED) is 0.308. The minimum atomic E-state index is -0.834. The zero-order chi connectivity index (χ0) is 16.3. The molecule has 0 fully saturated rings. The summed E-state index contributed by atoms with van der Waals surface area (Å²) in [7, 11) is -0.834. The second-order valence-electron chi connectivity index (χ2n) is 5.15. The van der Waals surface area contributed by atoms with Crippen LogP contribution in [0.25, 0.3) is 0 Å². The van der Waals surface area contributed by atoms with Gasteiger partial charge < -0.3 is 9.16 Å². The Hall–Kier alpha value is -2.17. The summed E-state index contributed by atoms with van der Waals surface area (Å²) < 4.78 is 10.7. The molecule has 0 saturated heterocycles.